The molecule has 0 aliphatic rings. The minimum Gasteiger partial charge on any atom is -0.497 e. The third-order valence-electron chi connectivity index (χ3n) is 1.74. The Bertz CT molecular complexity index is 290. The predicted molar refractivity (Wildman–Crippen MR) is 55.7 cm³/mol. The van der Waals surface area contributed by atoms with E-state index in [0.29, 0.717) is 5.56 Å². The molecule has 0 heterocycles. The summed E-state index contributed by atoms with van der Waals surface area (Å²) in [4.78, 5) is 11.3. The van der Waals surface area contributed by atoms with E-state index >= 15 is 0 Å². The van der Waals surface area contributed by atoms with Gasteiger partial charge in [0.05, 0.1) is 11.9 Å². The van der Waals surface area contributed by atoms with Crippen molar-refractivity contribution in [3.63, 3.8) is 0 Å². The zero-order valence-corrected chi connectivity index (χ0v) is 9.17. The number of hydrogen-bond acceptors (Lipinski definition) is 2. The molecule has 0 saturated heterocycles. The lowest BCUT2D eigenvalue weighted by molar-refractivity contribution is 0.0996. The Hall–Kier alpha value is -0.830. The smallest absolute Gasteiger partial charge is 0.176 e. The molecule has 13 heavy (non-hydrogen) atoms. The van der Waals surface area contributed by atoms with Crippen LogP contribution >= 0.6 is 15.9 Å². The van der Waals surface area contributed by atoms with Crippen molar-refractivity contribution in [1.82, 2.24) is 0 Å². The van der Waals surface area contributed by atoms with Crippen LogP contribution in [0.1, 0.15) is 17.3 Å². The van der Waals surface area contributed by atoms with E-state index in [1.807, 2.05) is 6.92 Å². The van der Waals surface area contributed by atoms with Gasteiger partial charge in [-0.15, -0.1) is 0 Å². The van der Waals surface area contributed by atoms with E-state index in [1.165, 1.54) is 0 Å². The van der Waals surface area contributed by atoms with Crippen LogP contribution in [0.2, 0.25) is 0 Å². The largest absolute Gasteiger partial charge is 0.497 e. The van der Waals surface area contributed by atoms with Gasteiger partial charge in [-0.3, -0.25) is 4.79 Å². The van der Waals surface area contributed by atoms with Gasteiger partial charge in [0.2, 0.25) is 0 Å². The van der Waals surface area contributed by atoms with Crippen molar-refractivity contribution in [3.05, 3.63) is 29.8 Å². The Labute approximate surface area is 86.0 Å². The molecule has 0 spiro atoms. The standard InChI is InChI=1S/C10H11BrO2/c1-7(11)10(12)8-3-5-9(13-2)6-4-8/h3-7H,1-2H3. The van der Waals surface area contributed by atoms with Crippen LogP contribution < -0.4 is 4.74 Å². The molecule has 0 fully saturated rings. The summed E-state index contributed by atoms with van der Waals surface area (Å²) in [7, 11) is 1.60. The summed E-state index contributed by atoms with van der Waals surface area (Å²) < 4.78 is 4.99. The first kappa shape index (κ1) is 10.3. The zero-order valence-electron chi connectivity index (χ0n) is 7.58. The van der Waals surface area contributed by atoms with Crippen LogP contribution in [0.15, 0.2) is 24.3 Å². The maximum atomic E-state index is 11.5. The van der Waals surface area contributed by atoms with Gasteiger partial charge < -0.3 is 4.74 Å². The fraction of sp³-hybridized carbons (Fsp3) is 0.300. The van der Waals surface area contributed by atoms with Gasteiger partial charge in [-0.05, 0) is 31.2 Å². The summed E-state index contributed by atoms with van der Waals surface area (Å²) in [5.74, 6) is 0.849. The Morgan fingerprint density at radius 2 is 1.92 bits per heavy atom. The monoisotopic (exact) mass is 242 g/mol. The van der Waals surface area contributed by atoms with Crippen LogP contribution in [0.3, 0.4) is 0 Å². The van der Waals surface area contributed by atoms with Gasteiger partial charge in [0.1, 0.15) is 5.75 Å². The number of carbonyl (C=O) groups is 1. The molecule has 1 aromatic rings. The summed E-state index contributed by atoms with van der Waals surface area (Å²) in [6.07, 6.45) is 0. The molecule has 0 saturated carbocycles. The number of rotatable bonds is 3. The van der Waals surface area contributed by atoms with Crippen molar-refractivity contribution < 1.29 is 9.53 Å². The summed E-state index contributed by atoms with van der Waals surface area (Å²) in [6.45, 7) is 1.81. The van der Waals surface area contributed by atoms with Crippen LogP contribution in [0.5, 0.6) is 5.75 Å². The topological polar surface area (TPSA) is 26.3 Å². The molecule has 1 rings (SSSR count). The van der Waals surface area contributed by atoms with E-state index in [0.717, 1.165) is 5.75 Å². The highest BCUT2D eigenvalue weighted by Crippen LogP contribution is 2.14. The fourth-order valence-electron chi connectivity index (χ4n) is 0.985. The van der Waals surface area contributed by atoms with Crippen molar-refractivity contribution >= 4 is 21.7 Å². The molecule has 0 N–H and O–H groups in total. The molecule has 1 atom stereocenters. The Balaban J connectivity index is 2.86. The van der Waals surface area contributed by atoms with Crippen molar-refractivity contribution in [2.75, 3.05) is 7.11 Å². The van der Waals surface area contributed by atoms with Crippen molar-refractivity contribution in [2.24, 2.45) is 0 Å². The van der Waals surface area contributed by atoms with Gasteiger partial charge in [-0.1, -0.05) is 15.9 Å². The number of carbonyl (C=O) groups excluding carboxylic acids is 1. The van der Waals surface area contributed by atoms with Crippen molar-refractivity contribution in [2.45, 2.75) is 11.8 Å². The Morgan fingerprint density at radius 3 is 2.31 bits per heavy atom. The van der Waals surface area contributed by atoms with Crippen LogP contribution in [-0.4, -0.2) is 17.7 Å². The van der Waals surface area contributed by atoms with Crippen LogP contribution in [0.25, 0.3) is 0 Å². The van der Waals surface area contributed by atoms with Crippen LogP contribution in [0, 0.1) is 0 Å². The van der Waals surface area contributed by atoms with Gasteiger partial charge in [0.15, 0.2) is 5.78 Å². The molecular formula is C10H11BrO2. The van der Waals surface area contributed by atoms with E-state index in [-0.39, 0.29) is 10.6 Å². The highest BCUT2D eigenvalue weighted by molar-refractivity contribution is 9.10. The number of ether oxygens (including phenoxy) is 1. The molecule has 3 heteroatoms. The molecule has 0 aromatic heterocycles. The molecule has 0 aliphatic carbocycles. The molecule has 0 radical (unpaired) electrons. The van der Waals surface area contributed by atoms with E-state index < -0.39 is 0 Å². The zero-order chi connectivity index (χ0) is 9.84. The molecule has 1 unspecified atom stereocenters. The third-order valence-corrected chi connectivity index (χ3v) is 2.15. The Morgan fingerprint density at radius 1 is 1.38 bits per heavy atom. The molecular weight excluding hydrogens is 232 g/mol. The second kappa shape index (κ2) is 4.42. The highest BCUT2D eigenvalue weighted by Gasteiger charge is 2.10. The molecule has 0 bridgehead atoms. The lowest BCUT2D eigenvalue weighted by Crippen LogP contribution is -2.09. The maximum absolute atomic E-state index is 11.5. The summed E-state index contributed by atoms with van der Waals surface area (Å²) in [5, 5.41) is 0. The van der Waals surface area contributed by atoms with E-state index in [1.54, 1.807) is 31.4 Å². The number of methoxy groups -OCH3 is 1. The average molecular weight is 243 g/mol. The minimum absolute atomic E-state index is 0.0858. The van der Waals surface area contributed by atoms with Gasteiger partial charge in [-0.25, -0.2) is 0 Å². The molecule has 0 amide bonds. The first-order valence-corrected chi connectivity index (χ1v) is 4.89. The van der Waals surface area contributed by atoms with E-state index in [2.05, 4.69) is 15.9 Å². The van der Waals surface area contributed by atoms with Crippen LogP contribution in [-0.2, 0) is 0 Å². The Kier molecular flexibility index (Phi) is 3.48. The second-order valence-electron chi connectivity index (χ2n) is 2.71. The molecule has 0 aliphatic heterocycles. The minimum atomic E-state index is -0.138. The number of alkyl halides is 1. The summed E-state index contributed by atoms with van der Waals surface area (Å²) in [5.41, 5.74) is 0.699. The lowest BCUT2D eigenvalue weighted by atomic mass is 10.1. The second-order valence-corrected chi connectivity index (χ2v) is 4.08. The molecule has 70 valence electrons. The third kappa shape index (κ3) is 2.56. The predicted octanol–water partition coefficient (Wildman–Crippen LogP) is 2.66. The van der Waals surface area contributed by atoms with Gasteiger partial charge in [-0.2, -0.15) is 0 Å². The summed E-state index contributed by atoms with van der Waals surface area (Å²) >= 11 is 3.23. The van der Waals surface area contributed by atoms with E-state index in [4.69, 9.17) is 4.74 Å². The number of halogens is 1. The fourth-order valence-corrected chi connectivity index (χ4v) is 1.25. The van der Waals surface area contributed by atoms with Crippen molar-refractivity contribution in [3.8, 4) is 5.75 Å². The van der Waals surface area contributed by atoms with Crippen molar-refractivity contribution in [1.29, 1.82) is 0 Å². The first-order valence-electron chi connectivity index (χ1n) is 3.97. The number of hydrogen-bond donors (Lipinski definition) is 0. The SMILES string of the molecule is COc1ccc(C(=O)C(C)Br)cc1. The van der Waals surface area contributed by atoms with E-state index in [9.17, 15) is 4.79 Å². The highest BCUT2D eigenvalue weighted by atomic mass is 79.9. The average Bonchev–Trinajstić information content (AvgIpc) is 2.17. The van der Waals surface area contributed by atoms with Crippen LogP contribution in [0.4, 0.5) is 0 Å². The number of ketones is 1. The summed E-state index contributed by atoms with van der Waals surface area (Å²) in [6, 6.07) is 7.09. The van der Waals surface area contributed by atoms with Gasteiger partial charge in [0.25, 0.3) is 0 Å². The number of Topliss-reactive ketones (excluding diaryl/α,β-unsaturated/α-hetero) is 1. The molecule has 1 aromatic carbocycles. The maximum Gasteiger partial charge on any atom is 0.176 e. The van der Waals surface area contributed by atoms with Gasteiger partial charge >= 0.3 is 0 Å². The van der Waals surface area contributed by atoms with Gasteiger partial charge in [0, 0.05) is 5.56 Å². The molecule has 2 nitrogen and oxygen atoms in total. The quantitative estimate of drug-likeness (QED) is 0.602. The normalized spacial score (nSPS) is 12.2. The number of benzene rings is 1. The lowest BCUT2D eigenvalue weighted by Gasteiger charge is -2.03. The first-order chi connectivity index (χ1) is 6.15.